The van der Waals surface area contributed by atoms with E-state index in [1.54, 1.807) is 38.1 Å². The molecule has 0 aliphatic heterocycles. The molecule has 33 heavy (non-hydrogen) atoms. The number of hydrogen-bond donors (Lipinski definition) is 3. The number of aromatic hydroxyl groups is 1. The number of aryl methyl sites for hydroxylation is 2. The second kappa shape index (κ2) is 10.0. The van der Waals surface area contributed by atoms with Crippen LogP contribution in [0.1, 0.15) is 21.6 Å². The van der Waals surface area contributed by atoms with Gasteiger partial charge in [-0.15, -0.1) is 0 Å². The number of aromatic nitrogens is 3. The zero-order valence-electron chi connectivity index (χ0n) is 18.6. The molecule has 0 atom stereocenters. The fraction of sp³-hybridized carbons (Fsp3) is 0.273. The number of ether oxygens (including phenoxy) is 1. The number of amides is 1. The van der Waals surface area contributed by atoms with Crippen LogP contribution in [0.2, 0.25) is 0 Å². The van der Waals surface area contributed by atoms with Gasteiger partial charge in [0.25, 0.3) is 11.5 Å². The van der Waals surface area contributed by atoms with Crippen LogP contribution >= 0.6 is 15.9 Å². The predicted molar refractivity (Wildman–Crippen MR) is 127 cm³/mol. The van der Waals surface area contributed by atoms with Gasteiger partial charge >= 0.3 is 5.69 Å². The highest BCUT2D eigenvalue weighted by Gasteiger charge is 2.17. The fourth-order valence-corrected chi connectivity index (χ4v) is 3.44. The van der Waals surface area contributed by atoms with Gasteiger partial charge < -0.3 is 20.1 Å². The molecule has 1 heterocycles. The molecular formula is C22H24BrN5O5. The Balaban J connectivity index is 1.94. The summed E-state index contributed by atoms with van der Waals surface area (Å²) in [4.78, 5) is 41.0. The number of rotatable bonds is 7. The standard InChI is InChI=1S/C22H24BrN5O5/c1-12-9-14(10-13(2)19(12)33-15-5-6-17(29)16(23)11-15)28-22(32)25-21(31)18(26-28)20(30)24-7-8-27(3)4/h5-6,9-11,29H,7-8H2,1-4H3,(H,24,30)(H,25,31,32). The first-order valence-electron chi connectivity index (χ1n) is 10.0. The Morgan fingerprint density at radius 1 is 1.21 bits per heavy atom. The quantitative estimate of drug-likeness (QED) is 0.437. The molecule has 1 amide bonds. The van der Waals surface area contributed by atoms with Crippen LogP contribution in [0.3, 0.4) is 0 Å². The molecule has 0 fully saturated rings. The zero-order chi connectivity index (χ0) is 24.3. The third-order valence-electron chi connectivity index (χ3n) is 4.72. The first-order chi connectivity index (χ1) is 15.6. The third kappa shape index (κ3) is 5.68. The first kappa shape index (κ1) is 24.2. The number of phenolic OH excluding ortho intramolecular Hbond substituents is 1. The molecule has 174 valence electrons. The van der Waals surface area contributed by atoms with Crippen molar-refractivity contribution in [2.45, 2.75) is 13.8 Å². The van der Waals surface area contributed by atoms with E-state index in [1.807, 2.05) is 19.0 Å². The Bertz CT molecular complexity index is 1290. The van der Waals surface area contributed by atoms with E-state index in [4.69, 9.17) is 4.74 Å². The van der Waals surface area contributed by atoms with Gasteiger partial charge in [-0.05, 0) is 85.3 Å². The van der Waals surface area contributed by atoms with Gasteiger partial charge in [-0.25, -0.2) is 4.79 Å². The second-order valence-corrected chi connectivity index (χ2v) is 8.56. The molecule has 1 aromatic heterocycles. The Labute approximate surface area is 198 Å². The average Bonchev–Trinajstić information content (AvgIpc) is 2.72. The minimum Gasteiger partial charge on any atom is -0.507 e. The minimum atomic E-state index is -0.857. The number of nitrogens with zero attached hydrogens (tertiary/aromatic N) is 3. The van der Waals surface area contributed by atoms with E-state index in [0.717, 1.165) is 4.68 Å². The van der Waals surface area contributed by atoms with Crippen LogP contribution < -0.4 is 21.3 Å². The van der Waals surface area contributed by atoms with Crippen molar-refractivity contribution in [3.05, 3.63) is 72.5 Å². The SMILES string of the molecule is Cc1cc(-n2nc(C(=O)NCCN(C)C)c(=O)[nH]c2=O)cc(C)c1Oc1ccc(O)c(Br)c1. The normalized spacial score (nSPS) is 11.0. The zero-order valence-corrected chi connectivity index (χ0v) is 20.2. The fourth-order valence-electron chi connectivity index (χ4n) is 3.08. The minimum absolute atomic E-state index is 0.0937. The summed E-state index contributed by atoms with van der Waals surface area (Å²) in [7, 11) is 3.71. The van der Waals surface area contributed by atoms with Crippen LogP contribution in [0.25, 0.3) is 5.69 Å². The van der Waals surface area contributed by atoms with Crippen LogP contribution in [-0.2, 0) is 0 Å². The Hall–Kier alpha value is -3.44. The Kier molecular flexibility index (Phi) is 7.34. The number of benzene rings is 2. The Morgan fingerprint density at radius 3 is 2.48 bits per heavy atom. The van der Waals surface area contributed by atoms with Crippen molar-refractivity contribution < 1.29 is 14.6 Å². The number of phenols is 1. The highest BCUT2D eigenvalue weighted by molar-refractivity contribution is 9.10. The molecule has 0 bridgehead atoms. The highest BCUT2D eigenvalue weighted by atomic mass is 79.9. The lowest BCUT2D eigenvalue weighted by molar-refractivity contribution is 0.0942. The summed E-state index contributed by atoms with van der Waals surface area (Å²) in [5.74, 6) is 0.500. The van der Waals surface area contributed by atoms with Gasteiger partial charge in [-0.3, -0.25) is 14.6 Å². The van der Waals surface area contributed by atoms with E-state index >= 15 is 0 Å². The van der Waals surface area contributed by atoms with E-state index in [-0.39, 0.29) is 5.75 Å². The van der Waals surface area contributed by atoms with Crippen LogP contribution in [-0.4, -0.2) is 57.9 Å². The summed E-state index contributed by atoms with van der Waals surface area (Å²) >= 11 is 3.25. The van der Waals surface area contributed by atoms with Crippen molar-refractivity contribution in [2.24, 2.45) is 0 Å². The molecule has 11 heteroatoms. The monoisotopic (exact) mass is 517 g/mol. The maximum absolute atomic E-state index is 12.4. The van der Waals surface area contributed by atoms with Gasteiger partial charge in [-0.2, -0.15) is 9.78 Å². The molecule has 3 N–H and O–H groups in total. The van der Waals surface area contributed by atoms with E-state index in [2.05, 4.69) is 31.3 Å². The summed E-state index contributed by atoms with van der Waals surface area (Å²) in [5, 5.41) is 16.3. The molecule has 0 unspecified atom stereocenters. The van der Waals surface area contributed by atoms with Gasteiger partial charge in [0.15, 0.2) is 0 Å². The van der Waals surface area contributed by atoms with E-state index < -0.39 is 22.9 Å². The van der Waals surface area contributed by atoms with E-state index in [9.17, 15) is 19.5 Å². The molecule has 0 aliphatic carbocycles. The molecule has 0 saturated carbocycles. The smallest absolute Gasteiger partial charge is 0.349 e. The number of H-pyrrole nitrogens is 1. The number of nitrogens with one attached hydrogen (secondary N) is 2. The number of halogens is 1. The first-order valence-corrected chi connectivity index (χ1v) is 10.8. The van der Waals surface area contributed by atoms with Gasteiger partial charge in [0.1, 0.15) is 17.2 Å². The number of likely N-dealkylation sites (N-methyl/N-ethyl adjacent to an activating group) is 1. The van der Waals surface area contributed by atoms with E-state index in [0.29, 0.717) is 45.9 Å². The molecule has 3 aromatic rings. The van der Waals surface area contributed by atoms with E-state index in [1.165, 1.54) is 6.07 Å². The topological polar surface area (TPSA) is 130 Å². The molecule has 0 spiro atoms. The van der Waals surface area contributed by atoms with Crippen molar-refractivity contribution in [1.29, 1.82) is 0 Å². The summed E-state index contributed by atoms with van der Waals surface area (Å²) in [5.41, 5.74) is -0.257. The van der Waals surface area contributed by atoms with Crippen molar-refractivity contribution in [3.8, 4) is 22.9 Å². The lowest BCUT2D eigenvalue weighted by Crippen LogP contribution is -2.40. The van der Waals surface area contributed by atoms with Crippen LogP contribution in [0.15, 0.2) is 44.4 Å². The molecule has 0 saturated heterocycles. The summed E-state index contributed by atoms with van der Waals surface area (Å²) in [6, 6.07) is 8.10. The number of carbonyl (C=O) groups is 1. The van der Waals surface area contributed by atoms with Crippen molar-refractivity contribution in [1.82, 2.24) is 25.0 Å². The van der Waals surface area contributed by atoms with Crippen LogP contribution in [0.4, 0.5) is 0 Å². The maximum Gasteiger partial charge on any atom is 0.349 e. The lowest BCUT2D eigenvalue weighted by Gasteiger charge is -2.15. The molecule has 2 aromatic carbocycles. The van der Waals surface area contributed by atoms with Gasteiger partial charge in [-0.1, -0.05) is 0 Å². The average molecular weight is 518 g/mol. The van der Waals surface area contributed by atoms with Crippen molar-refractivity contribution in [2.75, 3.05) is 27.2 Å². The summed E-state index contributed by atoms with van der Waals surface area (Å²) < 4.78 is 7.43. The third-order valence-corrected chi connectivity index (χ3v) is 5.35. The van der Waals surface area contributed by atoms with Gasteiger partial charge in [0, 0.05) is 13.1 Å². The van der Waals surface area contributed by atoms with Crippen molar-refractivity contribution in [3.63, 3.8) is 0 Å². The summed E-state index contributed by atoms with van der Waals surface area (Å²) in [6.45, 7) is 4.50. The number of carbonyl (C=O) groups excluding carboxylic acids is 1. The van der Waals surface area contributed by atoms with Crippen molar-refractivity contribution >= 4 is 21.8 Å². The predicted octanol–water partition coefficient (Wildman–Crippen LogP) is 2.09. The molecule has 10 nitrogen and oxygen atoms in total. The number of aromatic amines is 1. The summed E-state index contributed by atoms with van der Waals surface area (Å²) in [6.07, 6.45) is 0. The van der Waals surface area contributed by atoms with Crippen LogP contribution in [0, 0.1) is 13.8 Å². The van der Waals surface area contributed by atoms with Gasteiger partial charge in [0.2, 0.25) is 5.69 Å². The lowest BCUT2D eigenvalue weighted by atomic mass is 10.1. The maximum atomic E-state index is 12.4. The molecular weight excluding hydrogens is 494 g/mol. The Morgan fingerprint density at radius 2 is 1.88 bits per heavy atom. The molecule has 3 rings (SSSR count). The van der Waals surface area contributed by atoms with Gasteiger partial charge in [0.05, 0.1) is 10.2 Å². The second-order valence-electron chi connectivity index (χ2n) is 7.70. The van der Waals surface area contributed by atoms with Crippen LogP contribution in [0.5, 0.6) is 17.2 Å². The highest BCUT2D eigenvalue weighted by Crippen LogP contribution is 2.34. The largest absolute Gasteiger partial charge is 0.507 e. The molecule has 0 aliphatic rings. The number of hydrogen-bond acceptors (Lipinski definition) is 7. The molecule has 0 radical (unpaired) electrons.